The molecule has 7 nitrogen and oxygen atoms in total. The maximum atomic E-state index is 10.7. The molecule has 0 heterocycles. The van der Waals surface area contributed by atoms with Gasteiger partial charge in [-0.05, 0) is 6.92 Å². The van der Waals surface area contributed by atoms with Gasteiger partial charge >= 0.3 is 0 Å². The minimum atomic E-state index is -1.59. The molecule has 0 saturated carbocycles. The van der Waals surface area contributed by atoms with Crippen LogP contribution in [0.3, 0.4) is 0 Å². The van der Waals surface area contributed by atoms with Gasteiger partial charge in [0.25, 0.3) is 0 Å². The second-order valence-corrected chi connectivity index (χ2v) is 3.57. The van der Waals surface area contributed by atoms with E-state index in [1.807, 2.05) is 0 Å². The Morgan fingerprint density at radius 3 is 2.35 bits per heavy atom. The fourth-order valence-electron chi connectivity index (χ4n) is 1.21. The molecule has 100 valence electrons. The van der Waals surface area contributed by atoms with Gasteiger partial charge in [0.2, 0.25) is 5.91 Å². The average molecular weight is 249 g/mol. The molecule has 0 rings (SSSR count). The van der Waals surface area contributed by atoms with Crippen molar-refractivity contribution in [2.24, 2.45) is 0 Å². The molecule has 4 N–H and O–H groups in total. The van der Waals surface area contributed by atoms with Crippen molar-refractivity contribution < 1.29 is 29.6 Å². The maximum Gasteiger partial charge on any atom is 0.217 e. The first-order chi connectivity index (χ1) is 7.93. The van der Waals surface area contributed by atoms with Crippen LogP contribution in [0.15, 0.2) is 0 Å². The van der Waals surface area contributed by atoms with E-state index in [0.717, 1.165) is 0 Å². The molecule has 0 aromatic rings. The molecule has 0 aliphatic heterocycles. The Bertz CT molecular complexity index is 247. The van der Waals surface area contributed by atoms with Crippen molar-refractivity contribution in [1.29, 1.82) is 0 Å². The minimum absolute atomic E-state index is 0.166. The molecule has 7 heteroatoms. The summed E-state index contributed by atoms with van der Waals surface area (Å²) in [5.41, 5.74) is 0. The first-order valence-electron chi connectivity index (χ1n) is 5.28. The van der Waals surface area contributed by atoms with Crippen LogP contribution in [-0.4, -0.2) is 65.1 Å². The highest BCUT2D eigenvalue weighted by molar-refractivity contribution is 5.77. The lowest BCUT2D eigenvalue weighted by atomic mass is 10.0. The molecule has 0 aliphatic rings. The van der Waals surface area contributed by atoms with Gasteiger partial charge in [-0.25, -0.2) is 0 Å². The van der Waals surface area contributed by atoms with Crippen molar-refractivity contribution in [3.63, 3.8) is 0 Å². The standard InChI is InChI=1S/C10H19NO6/c1-3-17-5-8(14)10(16)9(15)7(4-12)11-6(2)13/h4,7-10,14-16H,3,5H2,1-2H3,(H,11,13)/t7-,8+,9+,10+/m0/s1. The molecular formula is C10H19NO6. The number of aliphatic hydroxyl groups is 3. The second kappa shape index (κ2) is 8.13. The fraction of sp³-hybridized carbons (Fsp3) is 0.800. The number of ether oxygens (including phenoxy) is 1. The van der Waals surface area contributed by atoms with Crippen molar-refractivity contribution in [1.82, 2.24) is 5.32 Å². The summed E-state index contributed by atoms with van der Waals surface area (Å²) in [6.45, 7) is 3.07. The fourth-order valence-corrected chi connectivity index (χ4v) is 1.21. The molecule has 0 bridgehead atoms. The predicted molar refractivity (Wildman–Crippen MR) is 58.2 cm³/mol. The SMILES string of the molecule is CCOC[C@@H](O)[C@@H](O)[C@H](O)[C@H](C=O)NC(C)=O. The third-order valence-electron chi connectivity index (χ3n) is 2.12. The number of amides is 1. The molecule has 1 amide bonds. The van der Waals surface area contributed by atoms with E-state index < -0.39 is 30.3 Å². The molecule has 0 aromatic carbocycles. The van der Waals surface area contributed by atoms with E-state index in [4.69, 9.17) is 4.74 Å². The third-order valence-corrected chi connectivity index (χ3v) is 2.12. The molecule has 0 aromatic heterocycles. The number of nitrogens with one attached hydrogen (secondary N) is 1. The van der Waals surface area contributed by atoms with Crippen LogP contribution in [0, 0.1) is 0 Å². The lowest BCUT2D eigenvalue weighted by Crippen LogP contribution is -2.53. The normalized spacial score (nSPS) is 17.9. The number of aliphatic hydroxyl groups excluding tert-OH is 3. The molecule has 4 atom stereocenters. The Morgan fingerprint density at radius 2 is 1.94 bits per heavy atom. The van der Waals surface area contributed by atoms with Crippen LogP contribution < -0.4 is 5.32 Å². The van der Waals surface area contributed by atoms with Crippen LogP contribution in [0.5, 0.6) is 0 Å². The zero-order valence-electron chi connectivity index (χ0n) is 9.87. The number of hydrogen-bond acceptors (Lipinski definition) is 6. The topological polar surface area (TPSA) is 116 Å². The van der Waals surface area contributed by atoms with Crippen molar-refractivity contribution in [3.8, 4) is 0 Å². The predicted octanol–water partition coefficient (Wildman–Crippen LogP) is -2.19. The summed E-state index contributed by atoms with van der Waals surface area (Å²) in [7, 11) is 0. The number of aldehydes is 1. The lowest BCUT2D eigenvalue weighted by molar-refractivity contribution is -0.130. The van der Waals surface area contributed by atoms with Gasteiger partial charge in [-0.2, -0.15) is 0 Å². The van der Waals surface area contributed by atoms with E-state index in [-0.39, 0.29) is 6.61 Å². The van der Waals surface area contributed by atoms with Crippen molar-refractivity contribution >= 4 is 12.2 Å². The average Bonchev–Trinajstić information content (AvgIpc) is 2.30. The Hall–Kier alpha value is -1.02. The largest absolute Gasteiger partial charge is 0.388 e. The van der Waals surface area contributed by atoms with Gasteiger partial charge < -0.3 is 30.2 Å². The molecule has 0 saturated heterocycles. The molecule has 0 fully saturated rings. The van der Waals surface area contributed by atoms with Gasteiger partial charge in [0.1, 0.15) is 30.6 Å². The third kappa shape index (κ3) is 5.73. The molecular weight excluding hydrogens is 230 g/mol. The van der Waals surface area contributed by atoms with E-state index in [1.54, 1.807) is 6.92 Å². The highest BCUT2D eigenvalue weighted by Crippen LogP contribution is 2.05. The number of hydrogen-bond donors (Lipinski definition) is 4. The van der Waals surface area contributed by atoms with Crippen molar-refractivity contribution in [2.75, 3.05) is 13.2 Å². The summed E-state index contributed by atoms with van der Waals surface area (Å²) in [6, 6.07) is -1.27. The van der Waals surface area contributed by atoms with Crippen molar-refractivity contribution in [2.45, 2.75) is 38.2 Å². The Kier molecular flexibility index (Phi) is 7.64. The summed E-state index contributed by atoms with van der Waals surface area (Å²) in [6.07, 6.45) is -4.21. The van der Waals surface area contributed by atoms with Crippen LogP contribution >= 0.6 is 0 Å². The first-order valence-corrected chi connectivity index (χ1v) is 5.28. The van der Waals surface area contributed by atoms with E-state index in [2.05, 4.69) is 5.32 Å². The van der Waals surface area contributed by atoms with E-state index >= 15 is 0 Å². The van der Waals surface area contributed by atoms with Crippen LogP contribution in [0.25, 0.3) is 0 Å². The second-order valence-electron chi connectivity index (χ2n) is 3.57. The van der Waals surface area contributed by atoms with Gasteiger partial charge in [-0.15, -0.1) is 0 Å². The number of carbonyl (C=O) groups is 2. The summed E-state index contributed by atoms with van der Waals surface area (Å²) < 4.78 is 4.86. The highest BCUT2D eigenvalue weighted by atomic mass is 16.5. The van der Waals surface area contributed by atoms with Crippen LogP contribution in [-0.2, 0) is 14.3 Å². The van der Waals surface area contributed by atoms with Crippen LogP contribution in [0.4, 0.5) is 0 Å². The van der Waals surface area contributed by atoms with E-state index in [0.29, 0.717) is 12.9 Å². The van der Waals surface area contributed by atoms with Gasteiger partial charge in [-0.1, -0.05) is 0 Å². The summed E-state index contributed by atoms with van der Waals surface area (Å²) in [5.74, 6) is -0.521. The number of carbonyl (C=O) groups excluding carboxylic acids is 2. The van der Waals surface area contributed by atoms with Gasteiger partial charge in [0.05, 0.1) is 6.61 Å². The molecule has 0 spiro atoms. The van der Waals surface area contributed by atoms with E-state index in [9.17, 15) is 24.9 Å². The van der Waals surface area contributed by atoms with Gasteiger partial charge in [-0.3, -0.25) is 4.79 Å². The smallest absolute Gasteiger partial charge is 0.217 e. The summed E-state index contributed by atoms with van der Waals surface area (Å²) in [5, 5.41) is 30.7. The van der Waals surface area contributed by atoms with Gasteiger partial charge in [0, 0.05) is 13.5 Å². The molecule has 17 heavy (non-hydrogen) atoms. The molecule has 0 aliphatic carbocycles. The monoisotopic (exact) mass is 249 g/mol. The van der Waals surface area contributed by atoms with E-state index in [1.165, 1.54) is 6.92 Å². The van der Waals surface area contributed by atoms with Crippen molar-refractivity contribution in [3.05, 3.63) is 0 Å². The minimum Gasteiger partial charge on any atom is -0.388 e. The molecule has 0 radical (unpaired) electrons. The molecule has 0 unspecified atom stereocenters. The summed E-state index contributed by atoms with van der Waals surface area (Å²) >= 11 is 0. The van der Waals surface area contributed by atoms with Gasteiger partial charge in [0.15, 0.2) is 0 Å². The van der Waals surface area contributed by atoms with Crippen LogP contribution in [0.2, 0.25) is 0 Å². The lowest BCUT2D eigenvalue weighted by Gasteiger charge is -2.26. The zero-order valence-corrected chi connectivity index (χ0v) is 9.87. The Labute approximate surface area is 99.4 Å². The zero-order chi connectivity index (χ0) is 13.4. The maximum absolute atomic E-state index is 10.7. The first kappa shape index (κ1) is 16.0. The Balaban J connectivity index is 4.37. The summed E-state index contributed by atoms with van der Waals surface area (Å²) in [4.78, 5) is 21.4. The quantitative estimate of drug-likeness (QED) is 0.363. The number of rotatable bonds is 8. The Morgan fingerprint density at radius 1 is 1.35 bits per heavy atom. The highest BCUT2D eigenvalue weighted by Gasteiger charge is 2.31. The van der Waals surface area contributed by atoms with Crippen LogP contribution in [0.1, 0.15) is 13.8 Å².